The number of anilines is 1. The molecule has 38 heavy (non-hydrogen) atoms. The smallest absolute Gasteiger partial charge is 0.257 e. The Morgan fingerprint density at radius 1 is 0.921 bits per heavy atom. The van der Waals surface area contributed by atoms with Crippen molar-refractivity contribution in [2.75, 3.05) is 5.32 Å². The van der Waals surface area contributed by atoms with Gasteiger partial charge in [-0.2, -0.15) is 0 Å². The Kier molecular flexibility index (Phi) is 8.01. The molecule has 3 amide bonds. The van der Waals surface area contributed by atoms with Crippen molar-refractivity contribution in [2.24, 2.45) is 0 Å². The lowest BCUT2D eigenvalue weighted by atomic mass is 9.93. The Morgan fingerprint density at radius 3 is 2.32 bits per heavy atom. The third-order valence-corrected chi connectivity index (χ3v) is 7.77. The third kappa shape index (κ3) is 5.71. The van der Waals surface area contributed by atoms with E-state index in [4.69, 9.17) is 23.2 Å². The van der Waals surface area contributed by atoms with Gasteiger partial charge in [-0.25, -0.2) is 0 Å². The molecule has 2 atom stereocenters. The summed E-state index contributed by atoms with van der Waals surface area (Å²) < 4.78 is 0. The van der Waals surface area contributed by atoms with Crippen LogP contribution in [0.15, 0.2) is 72.8 Å². The van der Waals surface area contributed by atoms with Gasteiger partial charge < -0.3 is 15.5 Å². The van der Waals surface area contributed by atoms with Crippen LogP contribution in [0, 0.1) is 0 Å². The van der Waals surface area contributed by atoms with Crippen LogP contribution in [0.3, 0.4) is 0 Å². The van der Waals surface area contributed by atoms with Gasteiger partial charge in [-0.05, 0) is 54.3 Å². The lowest BCUT2D eigenvalue weighted by Crippen LogP contribution is -2.53. The van der Waals surface area contributed by atoms with Crippen molar-refractivity contribution in [1.29, 1.82) is 0 Å². The van der Waals surface area contributed by atoms with Crippen LogP contribution in [0.4, 0.5) is 5.69 Å². The maximum absolute atomic E-state index is 14.3. The zero-order valence-electron chi connectivity index (χ0n) is 20.8. The number of halogens is 2. The molecule has 5 rings (SSSR count). The molecule has 3 aromatic carbocycles. The molecule has 1 heterocycles. The van der Waals surface area contributed by atoms with Crippen LogP contribution in [-0.2, 0) is 16.0 Å². The monoisotopic (exact) mass is 549 g/mol. The molecule has 1 saturated carbocycles. The molecule has 2 aliphatic rings. The summed E-state index contributed by atoms with van der Waals surface area (Å²) in [5.74, 6) is -1.11. The van der Waals surface area contributed by atoms with Crippen LogP contribution < -0.4 is 10.6 Å². The van der Waals surface area contributed by atoms with Gasteiger partial charge >= 0.3 is 0 Å². The molecular weight excluding hydrogens is 521 g/mol. The first-order chi connectivity index (χ1) is 18.4. The minimum absolute atomic E-state index is 0.0284. The van der Waals surface area contributed by atoms with Gasteiger partial charge in [0.1, 0.15) is 12.1 Å². The molecule has 1 aliphatic carbocycles. The predicted octanol–water partition coefficient (Wildman–Crippen LogP) is 6.19. The van der Waals surface area contributed by atoms with E-state index in [1.165, 1.54) is 4.90 Å². The second-order valence-corrected chi connectivity index (χ2v) is 10.8. The van der Waals surface area contributed by atoms with Crippen molar-refractivity contribution >= 4 is 46.6 Å². The molecule has 3 aromatic rings. The fourth-order valence-corrected chi connectivity index (χ4v) is 5.66. The van der Waals surface area contributed by atoms with E-state index in [1.54, 1.807) is 42.5 Å². The zero-order valence-corrected chi connectivity index (χ0v) is 22.3. The molecule has 0 bridgehead atoms. The Bertz CT molecular complexity index is 1320. The van der Waals surface area contributed by atoms with Crippen molar-refractivity contribution in [2.45, 2.75) is 56.7 Å². The van der Waals surface area contributed by atoms with E-state index in [9.17, 15) is 14.4 Å². The average molecular weight is 550 g/mol. The highest BCUT2D eigenvalue weighted by molar-refractivity contribution is 6.31. The fourth-order valence-electron chi connectivity index (χ4n) is 5.37. The van der Waals surface area contributed by atoms with E-state index in [0.717, 1.165) is 37.7 Å². The first-order valence-electron chi connectivity index (χ1n) is 12.9. The van der Waals surface area contributed by atoms with Gasteiger partial charge in [-0.1, -0.05) is 84.9 Å². The van der Waals surface area contributed by atoms with Crippen LogP contribution in [0.2, 0.25) is 10.0 Å². The molecular formula is C30H29Cl2N3O3. The number of nitrogens with one attached hydrogen (secondary N) is 2. The summed E-state index contributed by atoms with van der Waals surface area (Å²) in [7, 11) is 0. The lowest BCUT2D eigenvalue weighted by Gasteiger charge is -2.36. The minimum atomic E-state index is -1.04. The number of fused-ring (bicyclic) bond motifs is 1. The second kappa shape index (κ2) is 11.6. The van der Waals surface area contributed by atoms with E-state index >= 15 is 0 Å². The number of carbonyl (C=O) groups is 3. The quantitative estimate of drug-likeness (QED) is 0.384. The molecule has 2 N–H and O–H groups in total. The first-order valence-corrected chi connectivity index (χ1v) is 13.7. The molecule has 1 fully saturated rings. The zero-order chi connectivity index (χ0) is 26.6. The van der Waals surface area contributed by atoms with Crippen molar-refractivity contribution in [3.63, 3.8) is 0 Å². The molecule has 2 unspecified atom stereocenters. The molecule has 0 spiro atoms. The van der Waals surface area contributed by atoms with Gasteiger partial charge in [-0.15, -0.1) is 0 Å². The van der Waals surface area contributed by atoms with Gasteiger partial charge in [0, 0.05) is 22.5 Å². The predicted molar refractivity (Wildman–Crippen MR) is 149 cm³/mol. The van der Waals surface area contributed by atoms with Crippen LogP contribution in [0.1, 0.15) is 59.6 Å². The third-order valence-electron chi connectivity index (χ3n) is 7.28. The van der Waals surface area contributed by atoms with Crippen molar-refractivity contribution < 1.29 is 14.4 Å². The minimum Gasteiger partial charge on any atom is -0.351 e. The Balaban J connectivity index is 1.62. The fraction of sp³-hybridized carbons (Fsp3) is 0.300. The SMILES string of the molecule is O=C1Nc2cc(Cl)ccc2C(=O)N(C(C(=O)NC2CCCCC2)c2ccc(Cl)cc2)C1Cc1ccccc1. The van der Waals surface area contributed by atoms with Gasteiger partial charge in [0.2, 0.25) is 11.8 Å². The van der Waals surface area contributed by atoms with Crippen LogP contribution >= 0.6 is 23.2 Å². The normalized spacial score (nSPS) is 18.8. The summed E-state index contributed by atoms with van der Waals surface area (Å²) in [6, 6.07) is 19.2. The standard InChI is InChI=1S/C30H29Cl2N3O3/c31-21-13-11-20(12-14-21)27(29(37)33-23-9-5-2-6-10-23)35-26(17-19-7-3-1-4-8-19)28(36)34-25-18-22(32)15-16-24(25)30(35)38/h1,3-4,7-8,11-16,18,23,26-27H,2,5-6,9-10,17H2,(H,33,37)(H,34,36). The highest BCUT2D eigenvalue weighted by Crippen LogP contribution is 2.34. The largest absolute Gasteiger partial charge is 0.351 e. The lowest BCUT2D eigenvalue weighted by molar-refractivity contribution is -0.129. The van der Waals surface area contributed by atoms with E-state index in [1.807, 2.05) is 30.3 Å². The molecule has 0 aromatic heterocycles. The van der Waals surface area contributed by atoms with Gasteiger partial charge in [0.15, 0.2) is 0 Å². The summed E-state index contributed by atoms with van der Waals surface area (Å²) in [6.07, 6.45) is 5.26. The average Bonchev–Trinajstić information content (AvgIpc) is 3.01. The van der Waals surface area contributed by atoms with E-state index in [2.05, 4.69) is 10.6 Å². The summed E-state index contributed by atoms with van der Waals surface area (Å²) in [6.45, 7) is 0. The topological polar surface area (TPSA) is 78.5 Å². The summed E-state index contributed by atoms with van der Waals surface area (Å²) in [5.41, 5.74) is 2.06. The highest BCUT2D eigenvalue weighted by Gasteiger charge is 2.43. The Hall–Kier alpha value is -3.35. The van der Waals surface area contributed by atoms with Gasteiger partial charge in [0.25, 0.3) is 5.91 Å². The van der Waals surface area contributed by atoms with E-state index in [0.29, 0.717) is 21.3 Å². The van der Waals surface area contributed by atoms with Crippen molar-refractivity contribution in [1.82, 2.24) is 10.2 Å². The molecule has 1 aliphatic heterocycles. The highest BCUT2D eigenvalue weighted by atomic mass is 35.5. The first kappa shape index (κ1) is 26.3. The number of rotatable bonds is 6. The molecule has 0 radical (unpaired) electrons. The maximum Gasteiger partial charge on any atom is 0.257 e. The number of amides is 3. The second-order valence-electron chi connectivity index (χ2n) is 9.89. The summed E-state index contributed by atoms with van der Waals surface area (Å²) >= 11 is 12.4. The number of carbonyl (C=O) groups excluding carboxylic acids is 3. The Labute approximate surface area is 232 Å². The van der Waals surface area contributed by atoms with E-state index in [-0.39, 0.29) is 29.8 Å². The van der Waals surface area contributed by atoms with Crippen molar-refractivity contribution in [3.8, 4) is 0 Å². The van der Waals surface area contributed by atoms with Gasteiger partial charge in [-0.3, -0.25) is 14.4 Å². The van der Waals surface area contributed by atoms with Gasteiger partial charge in [0.05, 0.1) is 11.3 Å². The molecule has 196 valence electrons. The van der Waals surface area contributed by atoms with Crippen LogP contribution in [-0.4, -0.2) is 34.7 Å². The number of nitrogens with zero attached hydrogens (tertiary/aromatic N) is 1. The summed E-state index contributed by atoms with van der Waals surface area (Å²) in [5, 5.41) is 6.99. The summed E-state index contributed by atoms with van der Waals surface area (Å²) in [4.78, 5) is 43.5. The maximum atomic E-state index is 14.3. The number of benzene rings is 3. The van der Waals surface area contributed by atoms with Crippen LogP contribution in [0.5, 0.6) is 0 Å². The van der Waals surface area contributed by atoms with Crippen LogP contribution in [0.25, 0.3) is 0 Å². The molecule has 0 saturated heterocycles. The molecule has 6 nitrogen and oxygen atoms in total. The Morgan fingerprint density at radius 2 is 1.61 bits per heavy atom. The molecule has 8 heteroatoms. The van der Waals surface area contributed by atoms with E-state index < -0.39 is 18.0 Å². The number of hydrogen-bond acceptors (Lipinski definition) is 3. The number of hydrogen-bond donors (Lipinski definition) is 2. The van der Waals surface area contributed by atoms with Crippen molar-refractivity contribution in [3.05, 3.63) is 99.5 Å².